The maximum atomic E-state index is 12.2. The van der Waals surface area contributed by atoms with Crippen molar-refractivity contribution in [1.29, 1.82) is 0 Å². The molecule has 1 rings (SSSR count). The van der Waals surface area contributed by atoms with Crippen LogP contribution < -0.4 is 5.32 Å². The Labute approximate surface area is 71.3 Å². The van der Waals surface area contributed by atoms with Gasteiger partial charge in [-0.3, -0.25) is 0 Å². The molecular formula is C8H15F2NO. The molecule has 0 radical (unpaired) electrons. The Morgan fingerprint density at radius 2 is 2.25 bits per heavy atom. The molecule has 0 spiro atoms. The van der Waals surface area contributed by atoms with Gasteiger partial charge in [-0.25, -0.2) is 8.78 Å². The van der Waals surface area contributed by atoms with Crippen molar-refractivity contribution < 1.29 is 13.5 Å². The van der Waals surface area contributed by atoms with Crippen molar-refractivity contribution in [2.75, 3.05) is 19.8 Å². The Balaban J connectivity index is 1.88. The van der Waals surface area contributed by atoms with Crippen molar-refractivity contribution in [2.45, 2.75) is 31.7 Å². The highest BCUT2D eigenvalue weighted by atomic mass is 19.3. The number of rotatable bonds is 5. The SMILES string of the molecule is CC(F)(F)CCOCC1CCN1. The molecule has 1 atom stereocenters. The van der Waals surface area contributed by atoms with E-state index in [4.69, 9.17) is 4.74 Å². The van der Waals surface area contributed by atoms with E-state index in [1.54, 1.807) is 0 Å². The number of hydrogen-bond donors (Lipinski definition) is 1. The van der Waals surface area contributed by atoms with Crippen molar-refractivity contribution in [3.8, 4) is 0 Å². The second-order valence-corrected chi connectivity index (χ2v) is 3.33. The maximum Gasteiger partial charge on any atom is 0.247 e. The van der Waals surface area contributed by atoms with Gasteiger partial charge in [-0.2, -0.15) is 0 Å². The summed E-state index contributed by atoms with van der Waals surface area (Å²) in [7, 11) is 0. The summed E-state index contributed by atoms with van der Waals surface area (Å²) in [6.07, 6.45) is 0.919. The molecule has 12 heavy (non-hydrogen) atoms. The second kappa shape index (κ2) is 4.14. The fraction of sp³-hybridized carbons (Fsp3) is 1.00. The normalized spacial score (nSPS) is 23.8. The average molecular weight is 179 g/mol. The molecule has 1 aliphatic rings. The fourth-order valence-electron chi connectivity index (χ4n) is 0.968. The van der Waals surface area contributed by atoms with Crippen LogP contribution in [0.4, 0.5) is 8.78 Å². The zero-order valence-corrected chi connectivity index (χ0v) is 7.28. The highest BCUT2D eigenvalue weighted by molar-refractivity contribution is 4.76. The summed E-state index contributed by atoms with van der Waals surface area (Å²) >= 11 is 0. The van der Waals surface area contributed by atoms with Crippen molar-refractivity contribution in [1.82, 2.24) is 5.32 Å². The van der Waals surface area contributed by atoms with Crippen LogP contribution in [-0.2, 0) is 4.74 Å². The topological polar surface area (TPSA) is 21.3 Å². The van der Waals surface area contributed by atoms with Gasteiger partial charge in [0.2, 0.25) is 5.92 Å². The zero-order valence-electron chi connectivity index (χ0n) is 7.28. The van der Waals surface area contributed by atoms with E-state index in [9.17, 15) is 8.78 Å². The summed E-state index contributed by atoms with van der Waals surface area (Å²) in [5, 5.41) is 3.13. The van der Waals surface area contributed by atoms with E-state index in [2.05, 4.69) is 5.32 Å². The molecule has 1 fully saturated rings. The summed E-state index contributed by atoms with van der Waals surface area (Å²) in [6, 6.07) is 0.399. The van der Waals surface area contributed by atoms with Gasteiger partial charge in [0, 0.05) is 12.5 Å². The van der Waals surface area contributed by atoms with E-state index < -0.39 is 5.92 Å². The fourth-order valence-corrected chi connectivity index (χ4v) is 0.968. The molecule has 4 heteroatoms. The number of hydrogen-bond acceptors (Lipinski definition) is 2. The molecule has 1 N–H and O–H groups in total. The van der Waals surface area contributed by atoms with Gasteiger partial charge in [0.15, 0.2) is 0 Å². The van der Waals surface area contributed by atoms with E-state index in [0.29, 0.717) is 12.6 Å². The van der Waals surface area contributed by atoms with Crippen LogP contribution in [0.25, 0.3) is 0 Å². The van der Waals surface area contributed by atoms with Gasteiger partial charge < -0.3 is 10.1 Å². The first-order valence-corrected chi connectivity index (χ1v) is 4.27. The molecule has 72 valence electrons. The van der Waals surface area contributed by atoms with E-state index in [0.717, 1.165) is 19.9 Å². The van der Waals surface area contributed by atoms with E-state index in [-0.39, 0.29) is 13.0 Å². The molecule has 0 aromatic rings. The van der Waals surface area contributed by atoms with Crippen LogP contribution in [0.1, 0.15) is 19.8 Å². The number of alkyl halides is 2. The van der Waals surface area contributed by atoms with Gasteiger partial charge in [-0.1, -0.05) is 0 Å². The standard InChI is InChI=1S/C8H15F2NO/c1-8(9,10)3-5-12-6-7-2-4-11-7/h7,11H,2-6H2,1H3. The molecule has 0 saturated carbocycles. The first kappa shape index (κ1) is 9.86. The smallest absolute Gasteiger partial charge is 0.247 e. The van der Waals surface area contributed by atoms with Crippen molar-refractivity contribution in [3.05, 3.63) is 0 Å². The number of halogens is 2. The van der Waals surface area contributed by atoms with Gasteiger partial charge >= 0.3 is 0 Å². The molecule has 1 unspecified atom stereocenters. The van der Waals surface area contributed by atoms with Gasteiger partial charge in [-0.15, -0.1) is 0 Å². The summed E-state index contributed by atoms with van der Waals surface area (Å²) < 4.78 is 29.6. The van der Waals surface area contributed by atoms with Crippen LogP contribution in [0.2, 0.25) is 0 Å². The molecule has 1 saturated heterocycles. The van der Waals surface area contributed by atoms with Crippen molar-refractivity contribution in [2.24, 2.45) is 0 Å². The van der Waals surface area contributed by atoms with Crippen LogP contribution in [0.5, 0.6) is 0 Å². The molecular weight excluding hydrogens is 164 g/mol. The van der Waals surface area contributed by atoms with Gasteiger partial charge in [0.05, 0.1) is 13.2 Å². The molecule has 1 aliphatic heterocycles. The highest BCUT2D eigenvalue weighted by Crippen LogP contribution is 2.16. The maximum absolute atomic E-state index is 12.2. The third-order valence-corrected chi connectivity index (χ3v) is 1.93. The Hall–Kier alpha value is -0.220. The van der Waals surface area contributed by atoms with Crippen LogP contribution in [0.15, 0.2) is 0 Å². The third kappa shape index (κ3) is 3.97. The first-order valence-electron chi connectivity index (χ1n) is 4.27. The Bertz CT molecular complexity index is 132. The molecule has 1 heterocycles. The summed E-state index contributed by atoms with van der Waals surface area (Å²) in [5.41, 5.74) is 0. The lowest BCUT2D eigenvalue weighted by Gasteiger charge is -2.27. The van der Waals surface area contributed by atoms with Gasteiger partial charge in [-0.05, 0) is 19.9 Å². The molecule has 0 aliphatic carbocycles. The van der Waals surface area contributed by atoms with Gasteiger partial charge in [0.25, 0.3) is 0 Å². The first-order chi connectivity index (χ1) is 5.58. The zero-order chi connectivity index (χ0) is 9.03. The predicted octanol–water partition coefficient (Wildman–Crippen LogP) is 1.41. The molecule has 0 aromatic carbocycles. The summed E-state index contributed by atoms with van der Waals surface area (Å²) in [4.78, 5) is 0. The molecule has 2 nitrogen and oxygen atoms in total. The van der Waals surface area contributed by atoms with Crippen molar-refractivity contribution >= 4 is 0 Å². The summed E-state index contributed by atoms with van der Waals surface area (Å²) in [5.74, 6) is -2.59. The third-order valence-electron chi connectivity index (χ3n) is 1.93. The van der Waals surface area contributed by atoms with Crippen LogP contribution in [-0.4, -0.2) is 31.7 Å². The quantitative estimate of drug-likeness (QED) is 0.644. The van der Waals surface area contributed by atoms with Crippen LogP contribution >= 0.6 is 0 Å². The minimum atomic E-state index is -2.59. The van der Waals surface area contributed by atoms with Crippen LogP contribution in [0, 0.1) is 0 Å². The van der Waals surface area contributed by atoms with E-state index in [1.165, 1.54) is 0 Å². The monoisotopic (exact) mass is 179 g/mol. The molecule has 0 aromatic heterocycles. The van der Waals surface area contributed by atoms with Gasteiger partial charge in [0.1, 0.15) is 0 Å². The lowest BCUT2D eigenvalue weighted by molar-refractivity contribution is -0.0214. The summed E-state index contributed by atoms with van der Waals surface area (Å²) in [6.45, 7) is 2.66. The lowest BCUT2D eigenvalue weighted by Crippen LogP contribution is -2.46. The minimum Gasteiger partial charge on any atom is -0.380 e. The largest absolute Gasteiger partial charge is 0.380 e. The number of nitrogens with one attached hydrogen (secondary N) is 1. The predicted molar refractivity (Wildman–Crippen MR) is 42.5 cm³/mol. The minimum absolute atomic E-state index is 0.154. The van der Waals surface area contributed by atoms with E-state index in [1.807, 2.05) is 0 Å². The molecule has 0 bridgehead atoms. The van der Waals surface area contributed by atoms with Crippen LogP contribution in [0.3, 0.4) is 0 Å². The van der Waals surface area contributed by atoms with Crippen molar-refractivity contribution in [3.63, 3.8) is 0 Å². The Kier molecular flexibility index (Phi) is 3.40. The van der Waals surface area contributed by atoms with E-state index >= 15 is 0 Å². The Morgan fingerprint density at radius 3 is 2.67 bits per heavy atom. The highest BCUT2D eigenvalue weighted by Gasteiger charge is 2.21. The lowest BCUT2D eigenvalue weighted by atomic mass is 10.1. The number of ether oxygens (including phenoxy) is 1. The molecule has 0 amide bonds. The second-order valence-electron chi connectivity index (χ2n) is 3.33. The Morgan fingerprint density at radius 1 is 1.58 bits per heavy atom. The average Bonchev–Trinajstić information content (AvgIpc) is 1.80.